The van der Waals surface area contributed by atoms with Crippen molar-refractivity contribution in [1.82, 2.24) is 0 Å². The summed E-state index contributed by atoms with van der Waals surface area (Å²) in [5.74, 6) is 5.34. The Bertz CT molecular complexity index is 2680. The van der Waals surface area contributed by atoms with Crippen LogP contribution in [0.15, 0.2) is 95.2 Å². The van der Waals surface area contributed by atoms with Crippen LogP contribution in [0.5, 0.6) is 28.7 Å². The maximum atomic E-state index is 5.80. The van der Waals surface area contributed by atoms with Gasteiger partial charge in [-0.3, -0.25) is 0 Å². The molecular formula is C63H81Br5O5. The van der Waals surface area contributed by atoms with Crippen LogP contribution < -0.4 is 23.7 Å². The number of aryl methyl sites for hydroxylation is 3. The van der Waals surface area contributed by atoms with E-state index in [2.05, 4.69) is 230 Å². The van der Waals surface area contributed by atoms with Gasteiger partial charge in [-0.1, -0.05) is 156 Å². The van der Waals surface area contributed by atoms with Gasteiger partial charge in [-0.25, -0.2) is 0 Å². The van der Waals surface area contributed by atoms with Crippen LogP contribution in [0.3, 0.4) is 0 Å². The van der Waals surface area contributed by atoms with Gasteiger partial charge >= 0.3 is 0 Å². The molecule has 0 aromatic heterocycles. The van der Waals surface area contributed by atoms with Gasteiger partial charge in [0.2, 0.25) is 0 Å². The van der Waals surface area contributed by atoms with E-state index in [0.717, 1.165) is 109 Å². The van der Waals surface area contributed by atoms with E-state index in [1.807, 2.05) is 12.1 Å². The summed E-state index contributed by atoms with van der Waals surface area (Å²) >= 11 is 17.9. The lowest BCUT2D eigenvalue weighted by Gasteiger charge is -2.38. The van der Waals surface area contributed by atoms with Crippen LogP contribution in [0.2, 0.25) is 0 Å². The zero-order valence-electron chi connectivity index (χ0n) is 46.0. The van der Waals surface area contributed by atoms with Gasteiger partial charge in [0.15, 0.2) is 0 Å². The Morgan fingerprint density at radius 1 is 0.370 bits per heavy atom. The molecule has 73 heavy (non-hydrogen) atoms. The first-order valence-electron chi connectivity index (χ1n) is 26.7. The van der Waals surface area contributed by atoms with Crippen molar-refractivity contribution >= 4 is 79.6 Å². The summed E-state index contributed by atoms with van der Waals surface area (Å²) in [4.78, 5) is 0. The second-order valence-electron chi connectivity index (χ2n) is 22.4. The number of halogens is 5. The summed E-state index contributed by atoms with van der Waals surface area (Å²) in [7, 11) is 0. The van der Waals surface area contributed by atoms with E-state index in [1.54, 1.807) is 0 Å². The lowest BCUT2D eigenvalue weighted by atomic mass is 9.72. The van der Waals surface area contributed by atoms with E-state index >= 15 is 0 Å². The Balaban J connectivity index is 0.000000149. The number of ether oxygens (including phenoxy) is 5. The highest BCUT2D eigenvalue weighted by atomic mass is 79.9. The number of hydrogen-bond donors (Lipinski definition) is 0. The minimum atomic E-state index is 0.238. The average Bonchev–Trinajstić information content (AvgIpc) is 3.35. The fourth-order valence-electron chi connectivity index (χ4n) is 10.8. The summed E-state index contributed by atoms with van der Waals surface area (Å²) in [5.41, 5.74) is 11.9. The molecule has 398 valence electrons. The Kier molecular flexibility index (Phi) is 20.7. The van der Waals surface area contributed by atoms with Crippen molar-refractivity contribution in [1.29, 1.82) is 0 Å². The van der Waals surface area contributed by atoms with E-state index in [0.29, 0.717) is 10.8 Å². The number of fused-ring (bicyclic) bond motifs is 5. The molecule has 0 atom stereocenters. The highest BCUT2D eigenvalue weighted by molar-refractivity contribution is 9.11. The molecule has 0 spiro atoms. The topological polar surface area (TPSA) is 46.2 Å². The third-order valence-electron chi connectivity index (χ3n) is 16.6. The van der Waals surface area contributed by atoms with Crippen molar-refractivity contribution in [2.75, 3.05) is 33.0 Å². The zero-order valence-corrected chi connectivity index (χ0v) is 53.9. The second-order valence-corrected chi connectivity index (χ2v) is 26.8. The molecule has 0 fully saturated rings. The van der Waals surface area contributed by atoms with E-state index < -0.39 is 0 Å². The predicted molar refractivity (Wildman–Crippen MR) is 324 cm³/mol. The van der Waals surface area contributed by atoms with Crippen molar-refractivity contribution in [3.63, 3.8) is 0 Å². The van der Waals surface area contributed by atoms with Gasteiger partial charge in [0, 0.05) is 61.0 Å². The van der Waals surface area contributed by atoms with E-state index in [1.165, 1.54) is 83.6 Å². The molecule has 5 heterocycles. The van der Waals surface area contributed by atoms with Crippen LogP contribution in [0.1, 0.15) is 178 Å². The van der Waals surface area contributed by atoms with Gasteiger partial charge in [0.05, 0.1) is 33.0 Å². The molecule has 0 saturated heterocycles. The minimum Gasteiger partial charge on any atom is -0.493 e. The van der Waals surface area contributed by atoms with Crippen molar-refractivity contribution in [3.8, 4) is 28.7 Å². The number of hydrogen-bond acceptors (Lipinski definition) is 5. The molecule has 0 unspecified atom stereocenters. The Labute approximate surface area is 482 Å². The van der Waals surface area contributed by atoms with Crippen LogP contribution in [0.25, 0.3) is 0 Å². The van der Waals surface area contributed by atoms with E-state index in [-0.39, 0.29) is 16.2 Å². The predicted octanol–water partition coefficient (Wildman–Crippen LogP) is 20.3. The van der Waals surface area contributed by atoms with Crippen molar-refractivity contribution < 1.29 is 23.7 Å². The summed E-state index contributed by atoms with van der Waals surface area (Å²) < 4.78 is 34.4. The quantitative estimate of drug-likeness (QED) is 0.175. The third kappa shape index (κ3) is 14.0. The fourth-order valence-corrected chi connectivity index (χ4v) is 12.8. The minimum absolute atomic E-state index is 0.238. The molecule has 5 aliphatic rings. The number of benzene rings is 5. The van der Waals surface area contributed by atoms with Gasteiger partial charge in [-0.2, -0.15) is 0 Å². The lowest BCUT2D eigenvalue weighted by molar-refractivity contribution is 0.204. The van der Waals surface area contributed by atoms with Gasteiger partial charge in [-0.15, -0.1) is 0 Å². The van der Waals surface area contributed by atoms with Crippen LogP contribution in [-0.4, -0.2) is 33.0 Å². The fraction of sp³-hybridized carbons (Fsp3) is 0.524. The van der Waals surface area contributed by atoms with E-state index in [9.17, 15) is 0 Å². The number of rotatable bonds is 5. The van der Waals surface area contributed by atoms with Crippen molar-refractivity contribution in [2.24, 2.45) is 0 Å². The van der Waals surface area contributed by atoms with Gasteiger partial charge in [0.1, 0.15) is 28.7 Å². The molecule has 0 amide bonds. The SMILES string of the molecule is CC1(C)CCOc2ccc(Br)cc21.CCC1(CC)CCOc2cc(C)c(Br)cc21.CCC1(CC)CCOc2ccc(Br)cc21.CCc1cc2c(cc1Br)C(C)(C)CCO2.Cc1cc2c(cc1Br)C(C)(C)CCO2. The molecule has 0 radical (unpaired) electrons. The van der Waals surface area contributed by atoms with Crippen molar-refractivity contribution in [2.45, 2.75) is 181 Å². The molecule has 5 nitrogen and oxygen atoms in total. The molecule has 5 aromatic rings. The van der Waals surface area contributed by atoms with Crippen LogP contribution in [-0.2, 0) is 33.5 Å². The smallest absolute Gasteiger partial charge is 0.123 e. The van der Waals surface area contributed by atoms with Crippen LogP contribution >= 0.6 is 79.6 Å². The van der Waals surface area contributed by atoms with E-state index in [4.69, 9.17) is 23.7 Å². The standard InChI is InChI=1S/C14H19BrO.2C13H17BrO.C12H15BrO.C11H13BrO/c1-4-14(5-2)6-7-16-13-8-10(3)12(15)9-11(13)14;1-4-9-7-12-10(8-11(9)14)13(2,3)5-6-15-12;1-3-13(4-2)7-8-15-12-6-5-10(14)9-11(12)13;1-8-6-11-9(7-10(8)13)12(2,3)4-5-14-11;1-11(2)5-6-13-10-4-3-8(12)7-9(10)11/h8-9H,4-7H2,1-3H3;7-8H,4-6H2,1-3H3;5-6,9H,3-4,7-8H2,1-2H3;6-7H,4-5H2,1-3H3;3-4,7H,5-6H2,1-2H3. The highest BCUT2D eigenvalue weighted by Gasteiger charge is 2.37. The molecule has 10 heteroatoms. The maximum Gasteiger partial charge on any atom is 0.123 e. The molecule has 0 saturated carbocycles. The monoisotopic (exact) mass is 1310 g/mol. The molecule has 0 N–H and O–H groups in total. The third-order valence-corrected chi connectivity index (χ3v) is 20.0. The highest BCUT2D eigenvalue weighted by Crippen LogP contribution is 2.47. The summed E-state index contributed by atoms with van der Waals surface area (Å²) in [5, 5.41) is 0. The first-order valence-corrected chi connectivity index (χ1v) is 30.6. The molecule has 10 rings (SSSR count). The molecule has 5 aliphatic heterocycles. The van der Waals surface area contributed by atoms with Crippen LogP contribution in [0, 0.1) is 13.8 Å². The first kappa shape index (κ1) is 59.7. The Morgan fingerprint density at radius 2 is 0.685 bits per heavy atom. The summed E-state index contributed by atoms with van der Waals surface area (Å²) in [6, 6.07) is 25.8. The summed E-state index contributed by atoms with van der Waals surface area (Å²) in [6.45, 7) is 33.4. The van der Waals surface area contributed by atoms with Gasteiger partial charge in [-0.05, 0) is 184 Å². The maximum absolute atomic E-state index is 5.80. The summed E-state index contributed by atoms with van der Waals surface area (Å²) in [6.07, 6.45) is 11.4. The molecule has 0 bridgehead atoms. The first-order chi connectivity index (χ1) is 34.5. The molecule has 0 aliphatic carbocycles. The largest absolute Gasteiger partial charge is 0.493 e. The van der Waals surface area contributed by atoms with Crippen LogP contribution in [0.4, 0.5) is 0 Å². The van der Waals surface area contributed by atoms with Crippen molar-refractivity contribution in [3.05, 3.63) is 140 Å². The molecular weight excluding hydrogens is 1240 g/mol. The molecule has 5 aromatic carbocycles. The Hall–Kier alpha value is -2.50. The Morgan fingerprint density at radius 3 is 1.11 bits per heavy atom. The second kappa shape index (κ2) is 25.3. The van der Waals surface area contributed by atoms with Gasteiger partial charge < -0.3 is 23.7 Å². The zero-order chi connectivity index (χ0) is 53.5. The average molecular weight is 1320 g/mol. The normalized spacial score (nSPS) is 18.3. The lowest BCUT2D eigenvalue weighted by Crippen LogP contribution is -2.31. The van der Waals surface area contributed by atoms with Gasteiger partial charge in [0.25, 0.3) is 0 Å².